The summed E-state index contributed by atoms with van der Waals surface area (Å²) >= 11 is 0. The Morgan fingerprint density at radius 2 is 1.80 bits per heavy atom. The number of halogens is 1. The van der Waals surface area contributed by atoms with E-state index in [1.807, 2.05) is 66.9 Å². The maximum absolute atomic E-state index is 12.5. The van der Waals surface area contributed by atoms with Crippen LogP contribution in [0.1, 0.15) is 13.8 Å². The van der Waals surface area contributed by atoms with Gasteiger partial charge in [-0.2, -0.15) is 0 Å². The Hall–Kier alpha value is -3.10. The summed E-state index contributed by atoms with van der Waals surface area (Å²) in [7, 11) is 1.59. The highest BCUT2D eigenvalue weighted by atomic mass is 35.5. The molecule has 4 N–H and O–H groups in total. The average Bonchev–Trinajstić information content (AvgIpc) is 3.08. The number of imidazole rings is 1. The van der Waals surface area contributed by atoms with E-state index in [0.717, 1.165) is 16.7 Å². The molecule has 0 saturated carbocycles. The van der Waals surface area contributed by atoms with Crippen LogP contribution in [-0.4, -0.2) is 41.1 Å². The van der Waals surface area contributed by atoms with Crippen LogP contribution in [0.15, 0.2) is 48.5 Å². The summed E-state index contributed by atoms with van der Waals surface area (Å²) in [5.41, 5.74) is 8.09. The molecule has 0 spiro atoms. The second-order valence-corrected chi connectivity index (χ2v) is 6.97. The molecule has 0 unspecified atom stereocenters. The first-order valence-corrected chi connectivity index (χ1v) is 9.36. The molecule has 0 fully saturated rings. The molecule has 2 amide bonds. The van der Waals surface area contributed by atoms with Crippen molar-refractivity contribution in [3.8, 4) is 11.4 Å². The quantitative estimate of drug-likeness (QED) is 0.532. The van der Waals surface area contributed by atoms with E-state index in [2.05, 4.69) is 15.6 Å². The molecule has 3 rings (SSSR count). The van der Waals surface area contributed by atoms with Crippen LogP contribution >= 0.6 is 12.4 Å². The van der Waals surface area contributed by atoms with Crippen LogP contribution in [0, 0.1) is 5.92 Å². The van der Waals surface area contributed by atoms with Crippen molar-refractivity contribution in [3.63, 3.8) is 0 Å². The molecule has 3 aromatic rings. The summed E-state index contributed by atoms with van der Waals surface area (Å²) in [6, 6.07) is 14.3. The van der Waals surface area contributed by atoms with E-state index in [0.29, 0.717) is 11.7 Å². The van der Waals surface area contributed by atoms with Crippen LogP contribution in [-0.2, 0) is 9.59 Å². The Morgan fingerprint density at radius 1 is 1.13 bits per heavy atom. The average molecular weight is 432 g/mol. The van der Waals surface area contributed by atoms with E-state index in [4.69, 9.17) is 10.5 Å². The smallest absolute Gasteiger partial charge is 0.246 e. The molecule has 1 heterocycles. The minimum Gasteiger partial charge on any atom is -0.495 e. The number of nitrogens with zero attached hydrogens (tertiary/aromatic N) is 2. The zero-order valence-electron chi connectivity index (χ0n) is 17.1. The number of nitrogens with two attached hydrogens (primary N) is 1. The van der Waals surface area contributed by atoms with Crippen molar-refractivity contribution in [2.24, 2.45) is 11.7 Å². The van der Waals surface area contributed by atoms with Crippen molar-refractivity contribution in [1.29, 1.82) is 0 Å². The van der Waals surface area contributed by atoms with Crippen molar-refractivity contribution in [3.05, 3.63) is 48.5 Å². The van der Waals surface area contributed by atoms with Gasteiger partial charge in [-0.05, 0) is 30.2 Å². The third-order valence-electron chi connectivity index (χ3n) is 4.58. The number of nitrogens with one attached hydrogen (secondary N) is 2. The van der Waals surface area contributed by atoms with Crippen LogP contribution in [0.25, 0.3) is 16.7 Å². The Kier molecular flexibility index (Phi) is 7.79. The van der Waals surface area contributed by atoms with Crippen molar-refractivity contribution >= 4 is 41.2 Å². The lowest BCUT2D eigenvalue weighted by molar-refractivity contribution is -0.125. The minimum absolute atomic E-state index is 0. The molecular formula is C21H26ClN5O3. The fraction of sp³-hybridized carbons (Fsp3) is 0.286. The number of para-hydroxylation sites is 4. The van der Waals surface area contributed by atoms with E-state index in [9.17, 15) is 9.59 Å². The fourth-order valence-corrected chi connectivity index (χ4v) is 2.93. The van der Waals surface area contributed by atoms with Crippen LogP contribution in [0.3, 0.4) is 0 Å². The van der Waals surface area contributed by atoms with Gasteiger partial charge in [-0.25, -0.2) is 4.98 Å². The molecule has 1 atom stereocenters. The molecule has 0 aliphatic rings. The molecule has 0 aliphatic heterocycles. The molecule has 8 nitrogen and oxygen atoms in total. The lowest BCUT2D eigenvalue weighted by Gasteiger charge is -2.16. The van der Waals surface area contributed by atoms with E-state index < -0.39 is 11.9 Å². The van der Waals surface area contributed by atoms with Gasteiger partial charge in [0.1, 0.15) is 5.75 Å². The number of hydrogen-bond donors (Lipinski definition) is 3. The van der Waals surface area contributed by atoms with Crippen molar-refractivity contribution in [2.45, 2.75) is 19.9 Å². The van der Waals surface area contributed by atoms with Gasteiger partial charge in [0.15, 0.2) is 0 Å². The highest BCUT2D eigenvalue weighted by molar-refractivity contribution is 5.96. The predicted octanol–water partition coefficient (Wildman–Crippen LogP) is 2.49. The van der Waals surface area contributed by atoms with Gasteiger partial charge < -0.3 is 15.8 Å². The molecule has 160 valence electrons. The second kappa shape index (κ2) is 10.1. The number of carbonyl (C=O) groups is 2. The lowest BCUT2D eigenvalue weighted by atomic mass is 10.1. The van der Waals surface area contributed by atoms with Gasteiger partial charge >= 0.3 is 0 Å². The summed E-state index contributed by atoms with van der Waals surface area (Å²) in [5.74, 6) is 0.187. The van der Waals surface area contributed by atoms with E-state index in [1.165, 1.54) is 0 Å². The molecule has 0 aliphatic carbocycles. The normalized spacial score (nSPS) is 11.6. The molecule has 1 aromatic heterocycles. The number of aromatic nitrogens is 2. The highest BCUT2D eigenvalue weighted by Crippen LogP contribution is 2.30. The van der Waals surface area contributed by atoms with E-state index in [-0.39, 0.29) is 30.8 Å². The zero-order valence-corrected chi connectivity index (χ0v) is 17.9. The molecular weight excluding hydrogens is 406 g/mol. The second-order valence-electron chi connectivity index (χ2n) is 6.97. The molecule has 2 aromatic carbocycles. The number of benzene rings is 2. The first kappa shape index (κ1) is 23.2. The van der Waals surface area contributed by atoms with Crippen LogP contribution in [0.2, 0.25) is 0 Å². The van der Waals surface area contributed by atoms with Crippen molar-refractivity contribution in [2.75, 3.05) is 19.0 Å². The lowest BCUT2D eigenvalue weighted by Crippen LogP contribution is -2.46. The summed E-state index contributed by atoms with van der Waals surface area (Å²) in [4.78, 5) is 29.0. The first-order valence-electron chi connectivity index (χ1n) is 9.36. The SMILES string of the molecule is COc1ccccc1-n1c(NC(=O)CNC(=O)[C@@H](N)C(C)C)nc2ccccc21.Cl. The minimum atomic E-state index is -0.666. The third-order valence-corrected chi connectivity index (χ3v) is 4.58. The van der Waals surface area contributed by atoms with Gasteiger partial charge in [0.2, 0.25) is 17.8 Å². The maximum atomic E-state index is 12.5. The first-order chi connectivity index (χ1) is 13.9. The van der Waals surface area contributed by atoms with Crippen LogP contribution in [0.4, 0.5) is 5.95 Å². The van der Waals surface area contributed by atoms with E-state index >= 15 is 0 Å². The topological polar surface area (TPSA) is 111 Å². The third kappa shape index (κ3) is 4.90. The predicted molar refractivity (Wildman–Crippen MR) is 119 cm³/mol. The number of anilines is 1. The molecule has 0 radical (unpaired) electrons. The molecule has 0 bridgehead atoms. The van der Waals surface area contributed by atoms with Gasteiger partial charge in [0, 0.05) is 0 Å². The van der Waals surface area contributed by atoms with Gasteiger partial charge in [0.25, 0.3) is 0 Å². The Labute approximate surface area is 181 Å². The van der Waals surface area contributed by atoms with Crippen molar-refractivity contribution in [1.82, 2.24) is 14.9 Å². The zero-order chi connectivity index (χ0) is 21.0. The number of methoxy groups -OCH3 is 1. The van der Waals surface area contributed by atoms with Gasteiger partial charge in [-0.1, -0.05) is 38.1 Å². The number of carbonyl (C=O) groups excluding carboxylic acids is 2. The summed E-state index contributed by atoms with van der Waals surface area (Å²) < 4.78 is 7.29. The number of rotatable bonds is 7. The Balaban J connectivity index is 0.00000320. The van der Waals surface area contributed by atoms with Crippen LogP contribution < -0.4 is 21.1 Å². The van der Waals surface area contributed by atoms with E-state index in [1.54, 1.807) is 7.11 Å². The van der Waals surface area contributed by atoms with Gasteiger partial charge in [-0.15, -0.1) is 12.4 Å². The van der Waals surface area contributed by atoms with Gasteiger partial charge in [-0.3, -0.25) is 19.5 Å². The highest BCUT2D eigenvalue weighted by Gasteiger charge is 2.20. The molecule has 9 heteroatoms. The monoisotopic (exact) mass is 431 g/mol. The summed E-state index contributed by atoms with van der Waals surface area (Å²) in [6.07, 6.45) is 0. The fourth-order valence-electron chi connectivity index (χ4n) is 2.93. The number of ether oxygens (including phenoxy) is 1. The number of hydrogen-bond acceptors (Lipinski definition) is 5. The summed E-state index contributed by atoms with van der Waals surface area (Å²) in [5, 5.41) is 5.34. The molecule has 0 saturated heterocycles. The number of fused-ring (bicyclic) bond motifs is 1. The van der Waals surface area contributed by atoms with Crippen LogP contribution in [0.5, 0.6) is 5.75 Å². The summed E-state index contributed by atoms with van der Waals surface area (Å²) in [6.45, 7) is 3.49. The van der Waals surface area contributed by atoms with Gasteiger partial charge in [0.05, 0.1) is 36.4 Å². The standard InChI is InChI=1S/C21H25N5O3.ClH/c1-13(2)19(22)20(28)23-12-18(27)25-21-24-14-8-4-5-9-15(14)26(21)16-10-6-7-11-17(16)29-3;/h4-11,13,19H,12,22H2,1-3H3,(H,23,28)(H,24,25,27);1H/t19-;/m0./s1. The Bertz CT molecular complexity index is 1030. The Morgan fingerprint density at radius 3 is 2.50 bits per heavy atom. The molecule has 30 heavy (non-hydrogen) atoms. The maximum Gasteiger partial charge on any atom is 0.246 e. The largest absolute Gasteiger partial charge is 0.495 e. The number of amides is 2. The van der Waals surface area contributed by atoms with Crippen molar-refractivity contribution < 1.29 is 14.3 Å².